The van der Waals surface area contributed by atoms with Crippen LogP contribution in [0.4, 0.5) is 0 Å². The highest BCUT2D eigenvalue weighted by molar-refractivity contribution is 5.99. The van der Waals surface area contributed by atoms with E-state index in [2.05, 4.69) is 6.08 Å². The van der Waals surface area contributed by atoms with Gasteiger partial charge in [-0.05, 0) is 62.8 Å². The van der Waals surface area contributed by atoms with E-state index in [4.69, 9.17) is 9.47 Å². The van der Waals surface area contributed by atoms with Crippen LogP contribution in [-0.2, 0) is 4.79 Å². The lowest BCUT2D eigenvalue weighted by Crippen LogP contribution is -2.23. The van der Waals surface area contributed by atoms with Gasteiger partial charge >= 0.3 is 11.9 Å². The van der Waals surface area contributed by atoms with Crippen LogP contribution < -0.4 is 9.47 Å². The third kappa shape index (κ3) is 4.13. The van der Waals surface area contributed by atoms with Crippen molar-refractivity contribution in [3.05, 3.63) is 83.4 Å². The van der Waals surface area contributed by atoms with E-state index in [-0.39, 0.29) is 11.9 Å². The highest BCUT2D eigenvalue weighted by Gasteiger charge is 2.25. The van der Waals surface area contributed by atoms with Crippen LogP contribution >= 0.6 is 0 Å². The van der Waals surface area contributed by atoms with E-state index >= 15 is 0 Å². The number of ether oxygens (including phenoxy) is 2. The Hall–Kier alpha value is -3.40. The molecule has 0 radical (unpaired) electrons. The summed E-state index contributed by atoms with van der Waals surface area (Å²) in [7, 11) is 0. The number of fused-ring (bicyclic) bond motifs is 1. The van der Waals surface area contributed by atoms with Crippen molar-refractivity contribution in [3.63, 3.8) is 0 Å². The van der Waals surface area contributed by atoms with Crippen LogP contribution in [0.15, 0.2) is 72.3 Å². The molecule has 1 unspecified atom stereocenters. The summed E-state index contributed by atoms with van der Waals surface area (Å²) in [6, 6.07) is 18.2. The molecule has 0 spiro atoms. The van der Waals surface area contributed by atoms with Gasteiger partial charge in [0.2, 0.25) is 0 Å². The molecular formula is C26H24O4. The van der Waals surface area contributed by atoms with Crippen molar-refractivity contribution < 1.29 is 19.1 Å². The van der Waals surface area contributed by atoms with E-state index in [9.17, 15) is 9.59 Å². The van der Waals surface area contributed by atoms with Gasteiger partial charge in [-0.25, -0.2) is 4.79 Å². The van der Waals surface area contributed by atoms with Gasteiger partial charge in [-0.3, -0.25) is 4.79 Å². The van der Waals surface area contributed by atoms with E-state index in [1.807, 2.05) is 50.2 Å². The van der Waals surface area contributed by atoms with Gasteiger partial charge in [0.1, 0.15) is 11.5 Å². The first-order valence-electron chi connectivity index (χ1n) is 10.2. The van der Waals surface area contributed by atoms with Crippen molar-refractivity contribution in [3.8, 4) is 11.5 Å². The molecule has 0 saturated heterocycles. The van der Waals surface area contributed by atoms with E-state index in [1.54, 1.807) is 24.3 Å². The Bertz CT molecular complexity index is 1140. The molecule has 0 saturated carbocycles. The number of esters is 2. The molecule has 0 amide bonds. The summed E-state index contributed by atoms with van der Waals surface area (Å²) in [5.41, 5.74) is 2.51. The molecule has 0 bridgehead atoms. The summed E-state index contributed by atoms with van der Waals surface area (Å²) >= 11 is 0. The van der Waals surface area contributed by atoms with E-state index in [1.165, 1.54) is 0 Å². The second kappa shape index (κ2) is 8.54. The molecule has 4 nitrogen and oxygen atoms in total. The Balaban J connectivity index is 1.66. The highest BCUT2D eigenvalue weighted by atomic mass is 16.5. The van der Waals surface area contributed by atoms with Crippen LogP contribution in [0.2, 0.25) is 0 Å². The molecule has 3 aromatic carbocycles. The van der Waals surface area contributed by atoms with Gasteiger partial charge in [0.15, 0.2) is 0 Å². The first-order chi connectivity index (χ1) is 14.5. The minimum Gasteiger partial charge on any atom is -0.425 e. The molecular weight excluding hydrogens is 376 g/mol. The monoisotopic (exact) mass is 400 g/mol. The summed E-state index contributed by atoms with van der Waals surface area (Å²) in [5, 5.41) is 1.46. The summed E-state index contributed by atoms with van der Waals surface area (Å²) in [6.07, 6.45) is 4.88. The fourth-order valence-corrected chi connectivity index (χ4v) is 3.88. The predicted molar refractivity (Wildman–Crippen MR) is 117 cm³/mol. The minimum absolute atomic E-state index is 0.226. The van der Waals surface area contributed by atoms with Crippen molar-refractivity contribution in [2.75, 3.05) is 0 Å². The van der Waals surface area contributed by atoms with Crippen LogP contribution in [-0.4, -0.2) is 11.9 Å². The van der Waals surface area contributed by atoms with Gasteiger partial charge in [-0.15, -0.1) is 0 Å². The highest BCUT2D eigenvalue weighted by Crippen LogP contribution is 2.36. The maximum absolute atomic E-state index is 12.8. The number of allylic oxidation sites excluding steroid dienone is 1. The Morgan fingerprint density at radius 3 is 2.30 bits per heavy atom. The SMILES string of the molecule is CC1=CCCCC1C(=O)Oc1cccc2cccc(OC(=O)c3cccc(C)c3)c12. The standard InChI is InChI=1S/C26H24O4/c1-17-8-5-12-20(16-17)25(27)29-22-14-6-10-19-11-7-15-23(24(19)22)30-26(28)21-13-4-3-9-18(21)2/h5-12,14-16,21H,3-4,13H2,1-2H3. The second-order valence-corrected chi connectivity index (χ2v) is 7.72. The molecule has 1 aliphatic rings. The summed E-state index contributed by atoms with van der Waals surface area (Å²) in [5.74, 6) is -0.160. The Kier molecular flexibility index (Phi) is 5.66. The van der Waals surface area contributed by atoms with Gasteiger partial charge in [0, 0.05) is 0 Å². The molecule has 1 atom stereocenters. The predicted octanol–water partition coefficient (Wildman–Crippen LogP) is 6.02. The number of hydrogen-bond acceptors (Lipinski definition) is 4. The Morgan fingerprint density at radius 1 is 0.900 bits per heavy atom. The lowest BCUT2D eigenvalue weighted by atomic mass is 9.89. The van der Waals surface area contributed by atoms with Crippen LogP contribution in [0.3, 0.4) is 0 Å². The molecule has 4 rings (SSSR count). The zero-order valence-electron chi connectivity index (χ0n) is 17.2. The third-order valence-corrected chi connectivity index (χ3v) is 5.49. The first kappa shape index (κ1) is 19.9. The number of carbonyl (C=O) groups is 2. The fraction of sp³-hybridized carbons (Fsp3) is 0.231. The molecule has 4 heteroatoms. The van der Waals surface area contributed by atoms with Crippen molar-refractivity contribution >= 4 is 22.7 Å². The van der Waals surface area contributed by atoms with Gasteiger partial charge in [-0.2, -0.15) is 0 Å². The van der Waals surface area contributed by atoms with Gasteiger partial charge in [-0.1, -0.05) is 53.6 Å². The third-order valence-electron chi connectivity index (χ3n) is 5.49. The minimum atomic E-state index is -0.446. The maximum atomic E-state index is 12.8. The van der Waals surface area contributed by atoms with Crippen LogP contribution in [0, 0.1) is 12.8 Å². The molecule has 0 fully saturated rings. The lowest BCUT2D eigenvalue weighted by Gasteiger charge is -2.20. The lowest BCUT2D eigenvalue weighted by molar-refractivity contribution is -0.137. The number of rotatable bonds is 4. The molecule has 0 aromatic heterocycles. The van der Waals surface area contributed by atoms with Crippen LogP contribution in [0.1, 0.15) is 42.1 Å². The molecule has 0 N–H and O–H groups in total. The number of aryl methyl sites for hydroxylation is 1. The average molecular weight is 400 g/mol. The quantitative estimate of drug-likeness (QED) is 0.305. The van der Waals surface area contributed by atoms with Gasteiger partial charge in [0.25, 0.3) is 0 Å². The maximum Gasteiger partial charge on any atom is 0.343 e. The Morgan fingerprint density at radius 2 is 1.60 bits per heavy atom. The Labute approximate surface area is 176 Å². The van der Waals surface area contributed by atoms with E-state index in [0.717, 1.165) is 35.8 Å². The topological polar surface area (TPSA) is 52.6 Å². The number of benzene rings is 3. The molecule has 3 aromatic rings. The largest absolute Gasteiger partial charge is 0.425 e. The molecule has 1 aliphatic carbocycles. The second-order valence-electron chi connectivity index (χ2n) is 7.72. The zero-order chi connectivity index (χ0) is 21.1. The smallest absolute Gasteiger partial charge is 0.343 e. The van der Waals surface area contributed by atoms with Crippen molar-refractivity contribution in [2.24, 2.45) is 5.92 Å². The van der Waals surface area contributed by atoms with Crippen molar-refractivity contribution in [2.45, 2.75) is 33.1 Å². The fourth-order valence-electron chi connectivity index (χ4n) is 3.88. The summed E-state index contributed by atoms with van der Waals surface area (Å²) < 4.78 is 11.5. The molecule has 152 valence electrons. The normalized spacial score (nSPS) is 16.1. The first-order valence-corrected chi connectivity index (χ1v) is 10.2. The van der Waals surface area contributed by atoms with Crippen LogP contribution in [0.5, 0.6) is 11.5 Å². The molecule has 0 aliphatic heterocycles. The van der Waals surface area contributed by atoms with Crippen LogP contribution in [0.25, 0.3) is 10.8 Å². The summed E-state index contributed by atoms with van der Waals surface area (Å²) in [4.78, 5) is 25.5. The van der Waals surface area contributed by atoms with E-state index in [0.29, 0.717) is 22.4 Å². The number of carbonyl (C=O) groups excluding carboxylic acids is 2. The number of hydrogen-bond donors (Lipinski definition) is 0. The van der Waals surface area contributed by atoms with E-state index < -0.39 is 5.97 Å². The van der Waals surface area contributed by atoms with Crippen molar-refractivity contribution in [1.29, 1.82) is 0 Å². The van der Waals surface area contributed by atoms with Crippen molar-refractivity contribution in [1.82, 2.24) is 0 Å². The average Bonchev–Trinajstić information content (AvgIpc) is 2.74. The zero-order valence-corrected chi connectivity index (χ0v) is 17.2. The summed E-state index contributed by atoms with van der Waals surface area (Å²) in [6.45, 7) is 3.90. The molecule has 30 heavy (non-hydrogen) atoms. The van der Waals surface area contributed by atoms with Gasteiger partial charge < -0.3 is 9.47 Å². The van der Waals surface area contributed by atoms with Gasteiger partial charge in [0.05, 0.1) is 16.9 Å². The molecule has 0 heterocycles.